The van der Waals surface area contributed by atoms with Crippen molar-refractivity contribution in [3.05, 3.63) is 113 Å². The fourth-order valence-electron chi connectivity index (χ4n) is 3.54. The maximum atomic E-state index is 13.0. The van der Waals surface area contributed by atoms with Crippen LogP contribution in [0, 0.1) is 6.92 Å². The number of hydrogen-bond donors (Lipinski definition) is 0. The molecular weight excluding hydrogens is 450 g/mol. The van der Waals surface area contributed by atoms with Crippen LogP contribution >= 0.6 is 0 Å². The van der Waals surface area contributed by atoms with Crippen LogP contribution in [0.3, 0.4) is 0 Å². The zero-order valence-electron chi connectivity index (χ0n) is 18.1. The van der Waals surface area contributed by atoms with Crippen LogP contribution in [0.4, 0.5) is 0 Å². The van der Waals surface area contributed by atoms with Crippen LogP contribution in [0.1, 0.15) is 16.7 Å². The number of benzene rings is 4. The molecule has 0 bridgehead atoms. The van der Waals surface area contributed by atoms with E-state index in [1.165, 1.54) is 18.2 Å². The molecule has 0 aromatic heterocycles. The number of aliphatic imine (C=N–C) groups is 1. The first-order valence-electron chi connectivity index (χ1n) is 10.5. The van der Waals surface area contributed by atoms with Crippen molar-refractivity contribution in [1.29, 1.82) is 0 Å². The van der Waals surface area contributed by atoms with Crippen molar-refractivity contribution in [2.24, 2.45) is 4.99 Å². The molecule has 0 atom stereocenters. The molecule has 1 aliphatic heterocycles. The van der Waals surface area contributed by atoms with Gasteiger partial charge in [-0.05, 0) is 54.1 Å². The molecule has 0 amide bonds. The molecule has 1 heterocycles. The van der Waals surface area contributed by atoms with Crippen molar-refractivity contribution in [3.63, 3.8) is 0 Å². The van der Waals surface area contributed by atoms with Crippen molar-refractivity contribution < 1.29 is 22.1 Å². The Morgan fingerprint density at radius 3 is 2.35 bits per heavy atom. The van der Waals surface area contributed by atoms with Crippen LogP contribution in [-0.2, 0) is 19.6 Å². The van der Waals surface area contributed by atoms with E-state index >= 15 is 0 Å². The van der Waals surface area contributed by atoms with Gasteiger partial charge in [-0.15, -0.1) is 0 Å². The van der Waals surface area contributed by atoms with Crippen molar-refractivity contribution in [1.82, 2.24) is 0 Å². The molecule has 0 spiro atoms. The van der Waals surface area contributed by atoms with Crippen LogP contribution in [0.15, 0.2) is 107 Å². The number of hydrogen-bond acceptors (Lipinski definition) is 6. The van der Waals surface area contributed by atoms with E-state index in [0.717, 1.165) is 16.3 Å². The van der Waals surface area contributed by atoms with Gasteiger partial charge >= 0.3 is 16.1 Å². The van der Waals surface area contributed by atoms with Gasteiger partial charge in [0, 0.05) is 11.1 Å². The van der Waals surface area contributed by atoms with Gasteiger partial charge in [-0.25, -0.2) is 9.79 Å². The maximum absolute atomic E-state index is 13.0. The largest absolute Gasteiger partial charge is 0.402 e. The number of ether oxygens (including phenoxy) is 1. The number of carbonyl (C=O) groups excluding carboxylic acids is 1. The van der Waals surface area contributed by atoms with Gasteiger partial charge in [-0.2, -0.15) is 8.42 Å². The second-order valence-corrected chi connectivity index (χ2v) is 9.33. The highest BCUT2D eigenvalue weighted by Crippen LogP contribution is 2.28. The van der Waals surface area contributed by atoms with Gasteiger partial charge in [-0.1, -0.05) is 66.2 Å². The highest BCUT2D eigenvalue weighted by atomic mass is 32.2. The predicted octanol–water partition coefficient (Wildman–Crippen LogP) is 5.26. The average molecular weight is 470 g/mol. The van der Waals surface area contributed by atoms with Gasteiger partial charge < -0.3 is 8.92 Å². The molecule has 168 valence electrons. The molecule has 0 unspecified atom stereocenters. The minimum Gasteiger partial charge on any atom is -0.402 e. The summed E-state index contributed by atoms with van der Waals surface area (Å²) in [6, 6.07) is 26.2. The molecule has 5 rings (SSSR count). The Hall–Kier alpha value is -4.23. The van der Waals surface area contributed by atoms with Crippen LogP contribution in [-0.4, -0.2) is 20.3 Å². The molecule has 0 N–H and O–H groups in total. The molecule has 0 saturated heterocycles. The van der Waals surface area contributed by atoms with Gasteiger partial charge in [0.25, 0.3) is 0 Å². The first kappa shape index (κ1) is 21.6. The summed E-state index contributed by atoms with van der Waals surface area (Å²) >= 11 is 0. The molecule has 0 radical (unpaired) electrons. The molecule has 0 saturated carbocycles. The Kier molecular flexibility index (Phi) is 5.47. The maximum Gasteiger partial charge on any atom is 0.363 e. The highest BCUT2D eigenvalue weighted by Gasteiger charge is 2.25. The molecule has 1 aliphatic rings. The normalized spacial score (nSPS) is 14.8. The molecule has 7 heteroatoms. The number of esters is 1. The van der Waals surface area contributed by atoms with Crippen molar-refractivity contribution in [3.8, 4) is 5.75 Å². The van der Waals surface area contributed by atoms with E-state index in [4.69, 9.17) is 8.92 Å². The first-order valence-corrected chi connectivity index (χ1v) is 11.9. The summed E-state index contributed by atoms with van der Waals surface area (Å²) in [6.07, 6.45) is 1.45. The Labute approximate surface area is 196 Å². The number of fused-ring (bicyclic) bond motifs is 1. The van der Waals surface area contributed by atoms with Gasteiger partial charge in [0.2, 0.25) is 5.90 Å². The second-order valence-electron chi connectivity index (χ2n) is 7.79. The lowest BCUT2D eigenvalue weighted by Gasteiger charge is -2.10. The van der Waals surface area contributed by atoms with Gasteiger partial charge in [0.15, 0.2) is 5.70 Å². The summed E-state index contributed by atoms with van der Waals surface area (Å²) in [6.45, 7) is 1.96. The molecule has 0 fully saturated rings. The number of aryl methyl sites for hydroxylation is 1. The minimum atomic E-state index is -4.11. The Bertz CT molecular complexity index is 1590. The zero-order valence-corrected chi connectivity index (χ0v) is 19.0. The van der Waals surface area contributed by atoms with Crippen LogP contribution < -0.4 is 4.18 Å². The Morgan fingerprint density at radius 2 is 1.56 bits per heavy atom. The van der Waals surface area contributed by atoms with Gasteiger partial charge in [0.1, 0.15) is 10.6 Å². The standard InChI is InChI=1S/C27H19NO5S/c1-18-10-12-20(13-11-18)26-28-24(27(29)32-26)17-22-8-4-5-9-25(22)33-34(30,31)23-15-14-19-6-2-3-7-21(19)16-23/h2-17H,1H3. The third-order valence-electron chi connectivity index (χ3n) is 5.34. The zero-order chi connectivity index (χ0) is 23.7. The summed E-state index contributed by atoms with van der Waals surface area (Å²) < 4.78 is 36.8. The third kappa shape index (κ3) is 4.33. The first-order chi connectivity index (χ1) is 16.4. The van der Waals surface area contributed by atoms with Crippen LogP contribution in [0.25, 0.3) is 16.8 Å². The molecule has 0 aliphatic carbocycles. The van der Waals surface area contributed by atoms with E-state index in [-0.39, 0.29) is 22.2 Å². The topological polar surface area (TPSA) is 82.0 Å². The Morgan fingerprint density at radius 1 is 0.853 bits per heavy atom. The second kappa shape index (κ2) is 8.61. The minimum absolute atomic E-state index is 0.0358. The van der Waals surface area contributed by atoms with Crippen molar-refractivity contribution in [2.45, 2.75) is 11.8 Å². The quantitative estimate of drug-likeness (QED) is 0.226. The lowest BCUT2D eigenvalue weighted by molar-refractivity contribution is -0.129. The summed E-state index contributed by atoms with van der Waals surface area (Å²) in [5.74, 6) is -0.351. The third-order valence-corrected chi connectivity index (χ3v) is 6.57. The number of para-hydroxylation sites is 1. The van der Waals surface area contributed by atoms with Gasteiger partial charge in [0.05, 0.1) is 0 Å². The summed E-state index contributed by atoms with van der Waals surface area (Å²) in [5.41, 5.74) is 2.18. The smallest absolute Gasteiger partial charge is 0.363 e. The summed E-state index contributed by atoms with van der Waals surface area (Å²) in [4.78, 5) is 16.7. The molecule has 4 aromatic carbocycles. The van der Waals surface area contributed by atoms with E-state index in [1.807, 2.05) is 55.5 Å². The lowest BCUT2D eigenvalue weighted by Crippen LogP contribution is -2.10. The lowest BCUT2D eigenvalue weighted by atomic mass is 10.1. The predicted molar refractivity (Wildman–Crippen MR) is 130 cm³/mol. The van der Waals surface area contributed by atoms with E-state index in [9.17, 15) is 13.2 Å². The summed E-state index contributed by atoms with van der Waals surface area (Å²) in [5, 5.41) is 1.71. The molecule has 34 heavy (non-hydrogen) atoms. The Balaban J connectivity index is 1.47. The van der Waals surface area contributed by atoms with Crippen LogP contribution in [0.5, 0.6) is 5.75 Å². The summed E-state index contributed by atoms with van der Waals surface area (Å²) in [7, 11) is -4.11. The molecule has 4 aromatic rings. The van der Waals surface area contributed by atoms with E-state index in [2.05, 4.69) is 4.99 Å². The van der Waals surface area contributed by atoms with E-state index < -0.39 is 16.1 Å². The number of nitrogens with zero attached hydrogens (tertiary/aromatic N) is 1. The van der Waals surface area contributed by atoms with E-state index in [0.29, 0.717) is 11.1 Å². The number of rotatable bonds is 5. The van der Waals surface area contributed by atoms with Crippen molar-refractivity contribution in [2.75, 3.05) is 0 Å². The fraction of sp³-hybridized carbons (Fsp3) is 0.0370. The number of cyclic esters (lactones) is 1. The van der Waals surface area contributed by atoms with Crippen LogP contribution in [0.2, 0.25) is 0 Å². The monoisotopic (exact) mass is 469 g/mol. The SMILES string of the molecule is Cc1ccc(C2=NC(=Cc3ccccc3OS(=O)(=O)c3ccc4ccccc4c3)C(=O)O2)cc1. The highest BCUT2D eigenvalue weighted by molar-refractivity contribution is 7.87. The molecular formula is C27H19NO5S. The van der Waals surface area contributed by atoms with Gasteiger partial charge in [-0.3, -0.25) is 0 Å². The van der Waals surface area contributed by atoms with Crippen molar-refractivity contribution >= 4 is 38.8 Å². The molecule has 6 nitrogen and oxygen atoms in total. The average Bonchev–Trinajstić information content (AvgIpc) is 3.20. The fourth-order valence-corrected chi connectivity index (χ4v) is 4.53. The van der Waals surface area contributed by atoms with E-state index in [1.54, 1.807) is 30.3 Å². The number of carbonyl (C=O) groups is 1.